The smallest absolute Gasteiger partial charge is 0.462 e. The molecule has 9 N–H and O–H groups in total. The molecular formula is C49H98N3O12P. The van der Waals surface area contributed by atoms with Gasteiger partial charge in [-0.3, -0.25) is 19.2 Å². The van der Waals surface area contributed by atoms with Gasteiger partial charge in [-0.2, -0.15) is 0 Å². The van der Waals surface area contributed by atoms with Crippen LogP contribution in [0.5, 0.6) is 0 Å². The third kappa shape index (κ3) is 49.6. The zero-order valence-corrected chi connectivity index (χ0v) is 42.2. The Morgan fingerprint density at radius 1 is 0.523 bits per heavy atom. The van der Waals surface area contributed by atoms with E-state index in [0.717, 1.165) is 57.8 Å². The first-order chi connectivity index (χ1) is 31.2. The van der Waals surface area contributed by atoms with Gasteiger partial charge in [0.25, 0.3) is 0 Å². The lowest BCUT2D eigenvalue weighted by atomic mass is 10.0. The normalized spacial score (nSPS) is 13.2. The van der Waals surface area contributed by atoms with Gasteiger partial charge in [0.05, 0.1) is 31.6 Å². The van der Waals surface area contributed by atoms with Crippen LogP contribution in [-0.4, -0.2) is 97.7 Å². The van der Waals surface area contributed by atoms with Crippen molar-refractivity contribution in [3.63, 3.8) is 0 Å². The van der Waals surface area contributed by atoms with Crippen molar-refractivity contribution in [2.75, 3.05) is 19.8 Å². The number of carbonyl (C=O) groups is 4. The maximum absolute atomic E-state index is 13.1. The van der Waals surface area contributed by atoms with Crippen LogP contribution in [0.25, 0.3) is 0 Å². The minimum Gasteiger partial charge on any atom is -0.462 e. The van der Waals surface area contributed by atoms with E-state index in [-0.39, 0.29) is 50.9 Å². The highest BCUT2D eigenvalue weighted by atomic mass is 31.2. The Morgan fingerprint density at radius 3 is 1.38 bits per heavy atom. The van der Waals surface area contributed by atoms with Gasteiger partial charge in [-0.25, -0.2) is 4.57 Å². The van der Waals surface area contributed by atoms with Crippen molar-refractivity contribution >= 4 is 31.5 Å². The summed E-state index contributed by atoms with van der Waals surface area (Å²) in [5.41, 5.74) is 0. The quantitative estimate of drug-likeness (QED) is 0.0157. The summed E-state index contributed by atoms with van der Waals surface area (Å²) in [5, 5.41) is 38.3. The van der Waals surface area contributed by atoms with Gasteiger partial charge in [-0.1, -0.05) is 181 Å². The Bertz CT molecular complexity index is 1170. The summed E-state index contributed by atoms with van der Waals surface area (Å²) >= 11 is 0. The maximum Gasteiger partial charge on any atom is 0.466 e. The zero-order chi connectivity index (χ0) is 48.8. The molecule has 0 aromatic rings. The molecule has 0 fully saturated rings. The van der Waals surface area contributed by atoms with E-state index in [2.05, 4.69) is 36.7 Å². The lowest BCUT2D eigenvalue weighted by molar-refractivity contribution is -0.151. The molecule has 65 heavy (non-hydrogen) atoms. The molecule has 4 atom stereocenters. The fraction of sp³-hybridized carbons (Fsp3) is 0.918. The van der Waals surface area contributed by atoms with Crippen molar-refractivity contribution in [3.8, 4) is 0 Å². The number of hydrogen-bond donors (Lipinski definition) is 9. The molecule has 0 aliphatic heterocycles. The summed E-state index contributed by atoms with van der Waals surface area (Å²) in [6, 6.07) is -1.46. The first-order valence-corrected chi connectivity index (χ1v) is 27.5. The standard InChI is InChI=1S/C49H95N3O8.H3O4P/c1-4-7-10-13-16-19-22-25-28-33-43(55)39-46(56)52-45(36-38-53)49(59)50-37-31-32-42(41-54)51-47(57)40-44(34-29-26-23-20-17-14-11-8-5-2)60-48(58)35-30-27-24-21-18-15-12-9-6-3;1-5(2,3)4/h42-45,53-55H,4-41H2,1-3H3,(H,50,59)(H,51,57)(H,52,56);(H3,1,2,3,4). The van der Waals surface area contributed by atoms with E-state index < -0.39 is 43.9 Å². The predicted molar refractivity (Wildman–Crippen MR) is 260 cm³/mol. The molecule has 0 spiro atoms. The molecule has 0 heterocycles. The summed E-state index contributed by atoms with van der Waals surface area (Å²) in [5.74, 6) is -1.39. The van der Waals surface area contributed by atoms with Gasteiger partial charge in [0, 0.05) is 19.6 Å². The molecule has 4 unspecified atom stereocenters. The van der Waals surface area contributed by atoms with Crippen LogP contribution in [0.1, 0.15) is 245 Å². The van der Waals surface area contributed by atoms with Gasteiger partial charge in [0.15, 0.2) is 0 Å². The molecule has 386 valence electrons. The van der Waals surface area contributed by atoms with Gasteiger partial charge < -0.3 is 50.7 Å². The third-order valence-corrected chi connectivity index (χ3v) is 11.6. The third-order valence-electron chi connectivity index (χ3n) is 11.6. The molecule has 0 aliphatic carbocycles. The number of amides is 3. The average molecular weight is 952 g/mol. The van der Waals surface area contributed by atoms with Crippen LogP contribution in [-0.2, 0) is 28.5 Å². The molecule has 0 saturated heterocycles. The second-order valence-electron chi connectivity index (χ2n) is 18.0. The largest absolute Gasteiger partial charge is 0.466 e. The molecule has 0 aromatic carbocycles. The van der Waals surface area contributed by atoms with Gasteiger partial charge >= 0.3 is 13.8 Å². The Hall–Kier alpha value is -2.13. The van der Waals surface area contributed by atoms with Gasteiger partial charge in [-0.15, -0.1) is 0 Å². The van der Waals surface area contributed by atoms with Crippen LogP contribution in [0.3, 0.4) is 0 Å². The lowest BCUT2D eigenvalue weighted by Gasteiger charge is -2.21. The van der Waals surface area contributed by atoms with Crippen LogP contribution in [0.2, 0.25) is 0 Å². The highest BCUT2D eigenvalue weighted by Crippen LogP contribution is 2.26. The summed E-state index contributed by atoms with van der Waals surface area (Å²) in [4.78, 5) is 73.1. The molecule has 15 nitrogen and oxygen atoms in total. The van der Waals surface area contributed by atoms with Crippen molar-refractivity contribution in [3.05, 3.63) is 0 Å². The number of phosphoric acid groups is 1. The van der Waals surface area contributed by atoms with E-state index in [1.807, 2.05) is 0 Å². The van der Waals surface area contributed by atoms with Crippen LogP contribution in [0.4, 0.5) is 0 Å². The van der Waals surface area contributed by atoms with Crippen LogP contribution in [0.15, 0.2) is 0 Å². The van der Waals surface area contributed by atoms with Gasteiger partial charge in [0.2, 0.25) is 17.7 Å². The molecule has 0 radical (unpaired) electrons. The Kier molecular flexibility index (Phi) is 46.9. The van der Waals surface area contributed by atoms with E-state index >= 15 is 0 Å². The fourth-order valence-corrected chi connectivity index (χ4v) is 7.75. The number of hydrogen-bond acceptors (Lipinski definition) is 9. The fourth-order valence-electron chi connectivity index (χ4n) is 7.75. The maximum atomic E-state index is 13.1. The predicted octanol–water partition coefficient (Wildman–Crippen LogP) is 9.11. The van der Waals surface area contributed by atoms with E-state index in [9.17, 15) is 34.5 Å². The second kappa shape index (κ2) is 47.0. The highest BCUT2D eigenvalue weighted by Gasteiger charge is 2.23. The number of rotatable bonds is 45. The SMILES string of the molecule is CCCCCCCCCCCC(=O)OC(CCCCCCCCCCC)CC(=O)NC(CO)CCCNC(=O)C(CCO)NC(=O)CC(O)CCCCCCCCCCC.O=P(O)(O)O. The monoisotopic (exact) mass is 952 g/mol. The molecule has 0 aliphatic rings. The number of esters is 1. The molecule has 0 bridgehead atoms. The minimum absolute atomic E-state index is 0.0458. The first-order valence-electron chi connectivity index (χ1n) is 25.9. The number of unbranched alkanes of at least 4 members (excludes halogenated alkanes) is 24. The highest BCUT2D eigenvalue weighted by molar-refractivity contribution is 7.45. The number of ether oxygens (including phenoxy) is 1. The van der Waals surface area contributed by atoms with Crippen molar-refractivity contribution in [2.45, 2.75) is 270 Å². The van der Waals surface area contributed by atoms with Gasteiger partial charge in [-0.05, 0) is 44.9 Å². The van der Waals surface area contributed by atoms with Crippen molar-refractivity contribution in [1.82, 2.24) is 16.0 Å². The molecular weight excluding hydrogens is 854 g/mol. The summed E-state index contributed by atoms with van der Waals surface area (Å²) in [6.07, 6.45) is 32.8. The van der Waals surface area contributed by atoms with Crippen molar-refractivity contribution in [2.24, 2.45) is 0 Å². The molecule has 0 aromatic heterocycles. The van der Waals surface area contributed by atoms with Crippen LogP contribution in [0, 0.1) is 0 Å². The number of aliphatic hydroxyl groups is 3. The second-order valence-corrected chi connectivity index (χ2v) is 19.0. The topological polar surface area (TPSA) is 252 Å². The summed E-state index contributed by atoms with van der Waals surface area (Å²) < 4.78 is 14.7. The Balaban J connectivity index is 0. The minimum atomic E-state index is -4.64. The number of nitrogens with one attached hydrogen (secondary N) is 3. The van der Waals surface area contributed by atoms with Crippen LogP contribution < -0.4 is 16.0 Å². The molecule has 0 rings (SSSR count). The molecule has 0 saturated carbocycles. The van der Waals surface area contributed by atoms with E-state index in [1.54, 1.807) is 0 Å². The van der Waals surface area contributed by atoms with E-state index in [4.69, 9.17) is 24.0 Å². The lowest BCUT2D eigenvalue weighted by Crippen LogP contribution is -2.48. The molecule has 3 amide bonds. The number of aliphatic hydroxyl groups excluding tert-OH is 3. The van der Waals surface area contributed by atoms with Crippen LogP contribution >= 0.6 is 7.82 Å². The summed E-state index contributed by atoms with van der Waals surface area (Å²) in [6.45, 7) is 6.36. The first kappa shape index (κ1) is 65.0. The summed E-state index contributed by atoms with van der Waals surface area (Å²) in [7, 11) is -4.64. The van der Waals surface area contributed by atoms with Gasteiger partial charge in [0.1, 0.15) is 12.1 Å². The van der Waals surface area contributed by atoms with E-state index in [0.29, 0.717) is 32.1 Å². The van der Waals surface area contributed by atoms with Crippen molar-refractivity contribution < 1.29 is 58.5 Å². The van der Waals surface area contributed by atoms with Crippen molar-refractivity contribution in [1.29, 1.82) is 0 Å². The molecule has 16 heteroatoms. The Labute approximate surface area is 394 Å². The van der Waals surface area contributed by atoms with E-state index in [1.165, 1.54) is 116 Å². The Morgan fingerprint density at radius 2 is 0.938 bits per heavy atom. The number of carbonyl (C=O) groups excluding carboxylic acids is 4. The average Bonchev–Trinajstić information content (AvgIpc) is 3.24. The zero-order valence-electron chi connectivity index (χ0n) is 41.3.